The first kappa shape index (κ1) is 24.8. The van der Waals surface area contributed by atoms with Gasteiger partial charge in [-0.3, -0.25) is 4.79 Å². The van der Waals surface area contributed by atoms with Gasteiger partial charge in [0.2, 0.25) is 5.91 Å². The van der Waals surface area contributed by atoms with Gasteiger partial charge in [0.25, 0.3) is 0 Å². The highest BCUT2D eigenvalue weighted by Crippen LogP contribution is 2.34. The maximum atomic E-state index is 13.0. The second-order valence-corrected chi connectivity index (χ2v) is 8.29. The molecular formula is C26H26ClF3N2O. The summed E-state index contributed by atoms with van der Waals surface area (Å²) in [7, 11) is 1.58. The Balaban J connectivity index is 1.85. The molecule has 0 spiro atoms. The highest BCUT2D eigenvalue weighted by atomic mass is 35.5. The second-order valence-electron chi connectivity index (χ2n) is 7.88. The molecule has 0 saturated heterocycles. The number of nitrogens with one attached hydrogen (secondary N) is 2. The Bertz CT molecular complexity index is 1070. The van der Waals surface area contributed by atoms with Gasteiger partial charge in [-0.2, -0.15) is 13.2 Å². The van der Waals surface area contributed by atoms with Gasteiger partial charge in [0, 0.05) is 18.0 Å². The summed E-state index contributed by atoms with van der Waals surface area (Å²) in [5.74, 6) is -0.357. The van der Waals surface area contributed by atoms with Crippen molar-refractivity contribution in [3.8, 4) is 0 Å². The van der Waals surface area contributed by atoms with E-state index >= 15 is 0 Å². The summed E-state index contributed by atoms with van der Waals surface area (Å²) in [5, 5.41) is 6.57. The highest BCUT2D eigenvalue weighted by molar-refractivity contribution is 6.31. The molecule has 0 aromatic heterocycles. The largest absolute Gasteiger partial charge is 0.416 e. The van der Waals surface area contributed by atoms with Crippen LogP contribution in [-0.4, -0.2) is 19.5 Å². The van der Waals surface area contributed by atoms with Gasteiger partial charge in [0.05, 0.1) is 5.56 Å². The number of alkyl halides is 3. The molecule has 0 aliphatic heterocycles. The summed E-state index contributed by atoms with van der Waals surface area (Å²) in [6, 6.07) is 19.7. The number of benzene rings is 3. The number of carbonyl (C=O) groups excluding carboxylic acids is 1. The number of amides is 1. The average Bonchev–Trinajstić information content (AvgIpc) is 2.81. The van der Waals surface area contributed by atoms with Gasteiger partial charge < -0.3 is 10.6 Å². The summed E-state index contributed by atoms with van der Waals surface area (Å²) in [6.45, 7) is 2.36. The van der Waals surface area contributed by atoms with Crippen LogP contribution in [0.5, 0.6) is 0 Å². The van der Waals surface area contributed by atoms with Crippen LogP contribution in [0.2, 0.25) is 5.02 Å². The molecule has 33 heavy (non-hydrogen) atoms. The van der Waals surface area contributed by atoms with Crippen molar-refractivity contribution in [3.63, 3.8) is 0 Å². The molecule has 2 atom stereocenters. The lowest BCUT2D eigenvalue weighted by molar-refractivity contribution is -0.137. The zero-order valence-corrected chi connectivity index (χ0v) is 19.2. The fourth-order valence-electron chi connectivity index (χ4n) is 3.78. The topological polar surface area (TPSA) is 41.1 Å². The Morgan fingerprint density at radius 1 is 0.939 bits per heavy atom. The quantitative estimate of drug-likeness (QED) is 0.404. The fraction of sp³-hybridized carbons (Fsp3) is 0.269. The van der Waals surface area contributed by atoms with Gasteiger partial charge in [-0.05, 0) is 60.3 Å². The molecule has 0 radical (unpaired) electrons. The first-order valence-corrected chi connectivity index (χ1v) is 11.0. The van der Waals surface area contributed by atoms with Crippen molar-refractivity contribution in [2.45, 2.75) is 31.5 Å². The van der Waals surface area contributed by atoms with Crippen molar-refractivity contribution in [1.29, 1.82) is 0 Å². The summed E-state index contributed by atoms with van der Waals surface area (Å²) in [5.41, 5.74) is 2.73. The minimum atomic E-state index is -4.39. The molecule has 3 rings (SSSR count). The van der Waals surface area contributed by atoms with Crippen LogP contribution in [0.1, 0.15) is 46.2 Å². The molecule has 3 aromatic rings. The Labute approximate surface area is 197 Å². The predicted octanol–water partition coefficient (Wildman–Crippen LogP) is 6.27. The van der Waals surface area contributed by atoms with Crippen molar-refractivity contribution in [3.05, 3.63) is 106 Å². The van der Waals surface area contributed by atoms with E-state index in [1.165, 1.54) is 12.1 Å². The molecule has 0 saturated carbocycles. The molecule has 0 fully saturated rings. The fourth-order valence-corrected chi connectivity index (χ4v) is 3.97. The van der Waals surface area contributed by atoms with Crippen molar-refractivity contribution in [2.75, 3.05) is 13.6 Å². The van der Waals surface area contributed by atoms with E-state index in [1.807, 2.05) is 55.5 Å². The lowest BCUT2D eigenvalue weighted by Gasteiger charge is -2.22. The van der Waals surface area contributed by atoms with Gasteiger partial charge in [-0.1, -0.05) is 66.2 Å². The highest BCUT2D eigenvalue weighted by Gasteiger charge is 2.30. The Morgan fingerprint density at radius 3 is 2.15 bits per heavy atom. The SMILES string of the molecule is CNC(=O)[C@H](NCC[C@@H](c1ccc(C(F)(F)F)cc1)c1ccc(C)c(Cl)c1)c1ccccc1. The van der Waals surface area contributed by atoms with Crippen molar-refractivity contribution in [2.24, 2.45) is 0 Å². The molecule has 174 valence electrons. The van der Waals surface area contributed by atoms with Crippen LogP contribution in [0, 0.1) is 6.92 Å². The minimum Gasteiger partial charge on any atom is -0.358 e. The number of aryl methyl sites for hydroxylation is 1. The molecule has 1 amide bonds. The lowest BCUT2D eigenvalue weighted by atomic mass is 9.87. The predicted molar refractivity (Wildman–Crippen MR) is 125 cm³/mol. The van der Waals surface area contributed by atoms with Gasteiger partial charge in [0.1, 0.15) is 6.04 Å². The number of hydrogen-bond donors (Lipinski definition) is 2. The number of carbonyl (C=O) groups is 1. The Morgan fingerprint density at radius 2 is 1.58 bits per heavy atom. The van der Waals surface area contributed by atoms with Crippen LogP contribution in [0.3, 0.4) is 0 Å². The van der Waals surface area contributed by atoms with Crippen LogP contribution in [0.15, 0.2) is 72.8 Å². The molecule has 7 heteroatoms. The molecule has 0 unspecified atom stereocenters. The zero-order valence-electron chi connectivity index (χ0n) is 18.4. The van der Waals surface area contributed by atoms with Gasteiger partial charge in [0.15, 0.2) is 0 Å². The molecule has 0 bridgehead atoms. The Kier molecular flexibility index (Phi) is 8.16. The lowest BCUT2D eigenvalue weighted by Crippen LogP contribution is -2.36. The first-order valence-electron chi connectivity index (χ1n) is 10.6. The molecule has 0 aliphatic carbocycles. The van der Waals surface area contributed by atoms with Gasteiger partial charge >= 0.3 is 6.18 Å². The third kappa shape index (κ3) is 6.36. The van der Waals surface area contributed by atoms with E-state index in [4.69, 9.17) is 11.6 Å². The zero-order chi connectivity index (χ0) is 24.0. The third-order valence-corrected chi connectivity index (χ3v) is 6.07. The van der Waals surface area contributed by atoms with Crippen LogP contribution in [0.25, 0.3) is 0 Å². The van der Waals surface area contributed by atoms with Crippen LogP contribution in [0.4, 0.5) is 13.2 Å². The van der Waals surface area contributed by atoms with Crippen molar-refractivity contribution < 1.29 is 18.0 Å². The molecule has 0 heterocycles. The summed E-state index contributed by atoms with van der Waals surface area (Å²) >= 11 is 6.34. The van der Waals surface area contributed by atoms with Gasteiger partial charge in [-0.15, -0.1) is 0 Å². The van der Waals surface area contributed by atoms with Crippen molar-refractivity contribution in [1.82, 2.24) is 10.6 Å². The monoisotopic (exact) mass is 474 g/mol. The standard InChI is InChI=1S/C26H26ClF3N2O/c1-17-8-9-20(16-23(17)27)22(18-10-12-21(13-11-18)26(28,29)30)14-15-32-24(25(33)31-2)19-6-4-3-5-7-19/h3-13,16,22,24,32H,14-15H2,1-2H3,(H,31,33)/t22-,24+/m0/s1. The number of hydrogen-bond acceptors (Lipinski definition) is 2. The molecule has 2 N–H and O–H groups in total. The molecule has 3 aromatic carbocycles. The first-order chi connectivity index (χ1) is 15.7. The van der Waals surface area contributed by atoms with E-state index in [2.05, 4.69) is 10.6 Å². The number of rotatable bonds is 8. The molecule has 0 aliphatic rings. The van der Waals surface area contributed by atoms with E-state index in [-0.39, 0.29) is 11.8 Å². The van der Waals surface area contributed by atoms with Crippen LogP contribution >= 0.6 is 11.6 Å². The van der Waals surface area contributed by atoms with Gasteiger partial charge in [-0.25, -0.2) is 0 Å². The second kappa shape index (κ2) is 10.9. The van der Waals surface area contributed by atoms with E-state index in [0.29, 0.717) is 18.0 Å². The average molecular weight is 475 g/mol. The van der Waals surface area contributed by atoms with Crippen LogP contribution in [-0.2, 0) is 11.0 Å². The Hall–Kier alpha value is -2.83. The number of halogens is 4. The van der Waals surface area contributed by atoms with Crippen LogP contribution < -0.4 is 10.6 Å². The third-order valence-electron chi connectivity index (χ3n) is 5.66. The van der Waals surface area contributed by atoms with E-state index in [0.717, 1.165) is 34.4 Å². The molecule has 3 nitrogen and oxygen atoms in total. The maximum Gasteiger partial charge on any atom is 0.416 e. The summed E-state index contributed by atoms with van der Waals surface area (Å²) in [4.78, 5) is 12.4. The van der Waals surface area contributed by atoms with E-state index in [1.54, 1.807) is 7.05 Å². The smallest absolute Gasteiger partial charge is 0.358 e. The van der Waals surface area contributed by atoms with E-state index < -0.39 is 17.8 Å². The van der Waals surface area contributed by atoms with E-state index in [9.17, 15) is 18.0 Å². The maximum absolute atomic E-state index is 13.0. The minimum absolute atomic E-state index is 0.161. The summed E-state index contributed by atoms with van der Waals surface area (Å²) in [6.07, 6.45) is -3.83. The summed E-state index contributed by atoms with van der Waals surface area (Å²) < 4.78 is 39.1. The van der Waals surface area contributed by atoms with Crippen molar-refractivity contribution >= 4 is 17.5 Å². The normalized spacial score (nSPS) is 13.4. The molecular weight excluding hydrogens is 449 g/mol. The number of likely N-dealkylation sites (N-methyl/N-ethyl adjacent to an activating group) is 1.